The Hall–Kier alpha value is -1.48. The van der Waals surface area contributed by atoms with Crippen molar-refractivity contribution in [2.45, 2.75) is 25.2 Å². The second-order valence-corrected chi connectivity index (χ2v) is 5.83. The highest BCUT2D eigenvalue weighted by Crippen LogP contribution is 2.51. The number of aryl methyl sites for hydroxylation is 2. The van der Waals surface area contributed by atoms with Gasteiger partial charge in [0.15, 0.2) is 0 Å². The highest BCUT2D eigenvalue weighted by atomic mass is 16.5. The molecule has 1 aliphatic carbocycles. The predicted octanol–water partition coefficient (Wildman–Crippen LogP) is 2.75. The summed E-state index contributed by atoms with van der Waals surface area (Å²) in [6.45, 7) is 3.19. The van der Waals surface area contributed by atoms with Crippen molar-refractivity contribution in [2.24, 2.45) is 7.05 Å². The predicted molar refractivity (Wildman–Crippen MR) is 79.0 cm³/mol. The zero-order chi connectivity index (χ0) is 13.6. The van der Waals surface area contributed by atoms with Gasteiger partial charge in [0.25, 0.3) is 0 Å². The van der Waals surface area contributed by atoms with E-state index in [1.807, 2.05) is 7.05 Å². The van der Waals surface area contributed by atoms with Gasteiger partial charge < -0.3 is 14.6 Å². The van der Waals surface area contributed by atoms with Crippen LogP contribution in [0.2, 0.25) is 0 Å². The topological polar surface area (TPSA) is 26.2 Å². The van der Waals surface area contributed by atoms with Gasteiger partial charge in [0, 0.05) is 30.6 Å². The van der Waals surface area contributed by atoms with Gasteiger partial charge in [0.1, 0.15) is 5.75 Å². The van der Waals surface area contributed by atoms with Crippen molar-refractivity contribution in [2.75, 3.05) is 20.7 Å². The number of methoxy groups -OCH3 is 1. The van der Waals surface area contributed by atoms with Crippen LogP contribution < -0.4 is 10.1 Å². The molecule has 2 aromatic rings. The molecular weight excluding hydrogens is 236 g/mol. The van der Waals surface area contributed by atoms with E-state index < -0.39 is 0 Å². The number of ether oxygens (including phenoxy) is 1. The smallest absolute Gasteiger partial charge is 0.143 e. The molecular formula is C16H22N2O. The van der Waals surface area contributed by atoms with Crippen LogP contribution in [-0.4, -0.2) is 25.3 Å². The lowest BCUT2D eigenvalue weighted by atomic mass is 9.94. The molecule has 0 aliphatic heterocycles. The van der Waals surface area contributed by atoms with E-state index in [0.717, 1.165) is 12.3 Å². The first-order chi connectivity index (χ1) is 9.11. The number of aromatic nitrogens is 1. The molecule has 0 bridgehead atoms. The number of fused-ring (bicyclic) bond motifs is 1. The standard InChI is InChI=1S/C16H22N2O/c1-11-7-12-13(16(5-6-16)10-17-2)9-18(3)15(12)14(8-11)19-4/h7-9,17H,5-6,10H2,1-4H3. The lowest BCUT2D eigenvalue weighted by Crippen LogP contribution is -2.23. The molecule has 3 heteroatoms. The number of benzene rings is 1. The number of nitrogens with one attached hydrogen (secondary N) is 1. The Labute approximate surface area is 114 Å². The van der Waals surface area contributed by atoms with Crippen molar-refractivity contribution < 1.29 is 4.74 Å². The Morgan fingerprint density at radius 3 is 2.68 bits per heavy atom. The average molecular weight is 258 g/mol. The summed E-state index contributed by atoms with van der Waals surface area (Å²) >= 11 is 0. The van der Waals surface area contributed by atoms with Gasteiger partial charge in [-0.1, -0.05) is 0 Å². The van der Waals surface area contributed by atoms with E-state index in [9.17, 15) is 0 Å². The van der Waals surface area contributed by atoms with E-state index in [1.165, 1.54) is 34.9 Å². The second kappa shape index (κ2) is 4.27. The molecule has 1 aromatic carbocycles. The molecule has 102 valence electrons. The minimum absolute atomic E-state index is 0.340. The minimum Gasteiger partial charge on any atom is -0.495 e. The van der Waals surface area contributed by atoms with Crippen LogP contribution in [0.5, 0.6) is 5.75 Å². The molecule has 0 radical (unpaired) electrons. The molecule has 1 aliphatic rings. The number of rotatable bonds is 4. The Balaban J connectivity index is 2.25. The lowest BCUT2D eigenvalue weighted by Gasteiger charge is -2.14. The molecule has 3 nitrogen and oxygen atoms in total. The Kier molecular flexibility index (Phi) is 2.82. The lowest BCUT2D eigenvalue weighted by molar-refractivity contribution is 0.417. The molecule has 1 saturated carbocycles. The summed E-state index contributed by atoms with van der Waals surface area (Å²) in [6, 6.07) is 4.41. The summed E-state index contributed by atoms with van der Waals surface area (Å²) in [5, 5.41) is 4.70. The first kappa shape index (κ1) is 12.5. The van der Waals surface area contributed by atoms with Crippen molar-refractivity contribution in [3.8, 4) is 5.75 Å². The van der Waals surface area contributed by atoms with Gasteiger partial charge in [-0.05, 0) is 50.1 Å². The third kappa shape index (κ3) is 1.84. The Bertz CT molecular complexity index is 623. The van der Waals surface area contributed by atoms with E-state index in [4.69, 9.17) is 4.74 Å². The van der Waals surface area contributed by atoms with E-state index in [1.54, 1.807) is 7.11 Å². The van der Waals surface area contributed by atoms with Crippen LogP contribution in [0.3, 0.4) is 0 Å². The van der Waals surface area contributed by atoms with Gasteiger partial charge in [0.2, 0.25) is 0 Å². The highest BCUT2D eigenvalue weighted by Gasteiger charge is 2.45. The molecule has 1 fully saturated rings. The molecule has 19 heavy (non-hydrogen) atoms. The van der Waals surface area contributed by atoms with E-state index in [2.05, 4.69) is 42.2 Å². The Morgan fingerprint density at radius 2 is 2.11 bits per heavy atom. The molecule has 0 spiro atoms. The molecule has 0 atom stereocenters. The molecule has 1 heterocycles. The van der Waals surface area contributed by atoms with Gasteiger partial charge in [0.05, 0.1) is 12.6 Å². The van der Waals surface area contributed by atoms with Crippen LogP contribution in [0.4, 0.5) is 0 Å². The fraction of sp³-hybridized carbons (Fsp3) is 0.500. The van der Waals surface area contributed by atoms with Crippen molar-refractivity contribution >= 4 is 10.9 Å². The van der Waals surface area contributed by atoms with Gasteiger partial charge in [-0.3, -0.25) is 0 Å². The molecule has 3 rings (SSSR count). The zero-order valence-electron chi connectivity index (χ0n) is 12.2. The number of nitrogens with zero attached hydrogens (tertiary/aromatic N) is 1. The maximum Gasteiger partial charge on any atom is 0.143 e. The number of hydrogen-bond acceptors (Lipinski definition) is 2. The van der Waals surface area contributed by atoms with Gasteiger partial charge in [-0.25, -0.2) is 0 Å². The van der Waals surface area contributed by atoms with Crippen molar-refractivity contribution in [1.82, 2.24) is 9.88 Å². The van der Waals surface area contributed by atoms with E-state index >= 15 is 0 Å². The largest absolute Gasteiger partial charge is 0.495 e. The van der Waals surface area contributed by atoms with E-state index in [0.29, 0.717) is 5.41 Å². The minimum atomic E-state index is 0.340. The summed E-state index contributed by atoms with van der Waals surface area (Å²) in [6.07, 6.45) is 4.85. The number of likely N-dealkylation sites (N-methyl/N-ethyl adjacent to an activating group) is 1. The van der Waals surface area contributed by atoms with Crippen molar-refractivity contribution in [3.63, 3.8) is 0 Å². The van der Waals surface area contributed by atoms with Crippen LogP contribution >= 0.6 is 0 Å². The number of hydrogen-bond donors (Lipinski definition) is 1. The normalized spacial score (nSPS) is 16.8. The summed E-state index contributed by atoms with van der Waals surface area (Å²) in [7, 11) is 5.90. The highest BCUT2D eigenvalue weighted by molar-refractivity contribution is 5.91. The molecule has 0 unspecified atom stereocenters. The third-order valence-electron chi connectivity index (χ3n) is 4.34. The van der Waals surface area contributed by atoms with Gasteiger partial charge >= 0.3 is 0 Å². The summed E-state index contributed by atoms with van der Waals surface area (Å²) in [5.41, 5.74) is 4.29. The maximum absolute atomic E-state index is 5.56. The Morgan fingerprint density at radius 1 is 1.37 bits per heavy atom. The van der Waals surface area contributed by atoms with Crippen LogP contribution in [-0.2, 0) is 12.5 Å². The van der Waals surface area contributed by atoms with Gasteiger partial charge in [-0.15, -0.1) is 0 Å². The second-order valence-electron chi connectivity index (χ2n) is 5.83. The van der Waals surface area contributed by atoms with Crippen LogP contribution in [0.15, 0.2) is 18.3 Å². The SMILES string of the molecule is CNCC1(c2cn(C)c3c(OC)cc(C)cc23)CC1. The first-order valence-electron chi connectivity index (χ1n) is 6.90. The summed E-state index contributed by atoms with van der Waals surface area (Å²) in [5.74, 6) is 0.976. The van der Waals surface area contributed by atoms with Crippen molar-refractivity contribution in [1.29, 1.82) is 0 Å². The maximum atomic E-state index is 5.56. The third-order valence-corrected chi connectivity index (χ3v) is 4.34. The van der Waals surface area contributed by atoms with Gasteiger partial charge in [-0.2, -0.15) is 0 Å². The summed E-state index contributed by atoms with van der Waals surface area (Å²) in [4.78, 5) is 0. The van der Waals surface area contributed by atoms with E-state index in [-0.39, 0.29) is 0 Å². The average Bonchev–Trinajstić information content (AvgIpc) is 3.08. The van der Waals surface area contributed by atoms with Crippen LogP contribution in [0.25, 0.3) is 10.9 Å². The fourth-order valence-corrected chi connectivity index (χ4v) is 3.25. The fourth-order valence-electron chi connectivity index (χ4n) is 3.25. The quantitative estimate of drug-likeness (QED) is 0.912. The molecule has 1 N–H and O–H groups in total. The van der Waals surface area contributed by atoms with Crippen molar-refractivity contribution in [3.05, 3.63) is 29.5 Å². The van der Waals surface area contributed by atoms with Crippen LogP contribution in [0.1, 0.15) is 24.0 Å². The molecule has 0 saturated heterocycles. The molecule has 1 aromatic heterocycles. The monoisotopic (exact) mass is 258 g/mol. The zero-order valence-corrected chi connectivity index (χ0v) is 12.2. The molecule has 0 amide bonds. The van der Waals surface area contributed by atoms with Crippen LogP contribution in [0, 0.1) is 6.92 Å². The first-order valence-corrected chi connectivity index (χ1v) is 6.90. The summed E-state index contributed by atoms with van der Waals surface area (Å²) < 4.78 is 7.77.